The monoisotopic (exact) mass is 101 g/mol. The molecule has 0 unspecified atom stereocenters. The van der Waals surface area contributed by atoms with Gasteiger partial charge in [-0.3, -0.25) is 5.10 Å². The van der Waals surface area contributed by atoms with Crippen molar-refractivity contribution in [1.29, 1.82) is 0 Å². The third kappa shape index (κ3) is 2.92. The van der Waals surface area contributed by atoms with E-state index in [9.17, 15) is 0 Å². The van der Waals surface area contributed by atoms with E-state index in [1.807, 2.05) is 0 Å². The number of nitrogens with zero attached hydrogens (tertiary/aromatic N) is 2. The number of rotatable bonds is 0. The highest BCUT2D eigenvalue weighted by Crippen LogP contribution is 1.53. The molecule has 0 aliphatic carbocycles. The first-order valence-corrected chi connectivity index (χ1v) is 1.73. The number of nitrogens with one attached hydrogen (secondary N) is 1. The van der Waals surface area contributed by atoms with Crippen molar-refractivity contribution < 1.29 is 5.11 Å². The zero-order valence-corrected chi connectivity index (χ0v) is 4.00. The van der Waals surface area contributed by atoms with Crippen molar-refractivity contribution in [3.05, 3.63) is 12.7 Å². The van der Waals surface area contributed by atoms with Gasteiger partial charge in [0.15, 0.2) is 0 Å². The molecule has 0 spiro atoms. The summed E-state index contributed by atoms with van der Waals surface area (Å²) in [6, 6.07) is 0. The Morgan fingerprint density at radius 3 is 2.43 bits per heavy atom. The Bertz CT molecular complexity index is 66.7. The average Bonchev–Trinajstić information content (AvgIpc) is 2.23. The van der Waals surface area contributed by atoms with Gasteiger partial charge in [0, 0.05) is 7.11 Å². The standard InChI is InChI=1S/C2H3N3.CH4O/c1-3-2-5-4-1;1-2/h1-2H,(H,3,4,5);2H,1H3. The van der Waals surface area contributed by atoms with Gasteiger partial charge in [-0.25, -0.2) is 4.98 Å². The maximum absolute atomic E-state index is 7.00. The van der Waals surface area contributed by atoms with Crippen LogP contribution in [0.15, 0.2) is 12.7 Å². The van der Waals surface area contributed by atoms with Crippen LogP contribution in [-0.2, 0) is 0 Å². The summed E-state index contributed by atoms with van der Waals surface area (Å²) >= 11 is 0. The molecule has 40 valence electrons. The Labute approximate surface area is 41.2 Å². The molecule has 1 heterocycles. The summed E-state index contributed by atoms with van der Waals surface area (Å²) in [5.41, 5.74) is 0. The van der Waals surface area contributed by atoms with Gasteiger partial charge in [0.2, 0.25) is 0 Å². The summed E-state index contributed by atoms with van der Waals surface area (Å²) in [5, 5.41) is 13.0. The van der Waals surface area contributed by atoms with Crippen molar-refractivity contribution in [3.8, 4) is 0 Å². The molecule has 2 N–H and O–H groups in total. The van der Waals surface area contributed by atoms with Crippen molar-refractivity contribution in [3.63, 3.8) is 0 Å². The van der Waals surface area contributed by atoms with E-state index in [0.717, 1.165) is 7.11 Å². The molecule has 0 radical (unpaired) electrons. The molecule has 7 heavy (non-hydrogen) atoms. The fourth-order valence-electron chi connectivity index (χ4n) is 0.167. The van der Waals surface area contributed by atoms with Gasteiger partial charge in [-0.15, -0.1) is 0 Å². The van der Waals surface area contributed by atoms with E-state index in [0.29, 0.717) is 0 Å². The molecule has 4 heteroatoms. The number of aliphatic hydroxyl groups excluding tert-OH is 1. The average molecular weight is 101 g/mol. The maximum atomic E-state index is 7.00. The van der Waals surface area contributed by atoms with Crippen LogP contribution in [0.1, 0.15) is 0 Å². The van der Waals surface area contributed by atoms with Crippen molar-refractivity contribution >= 4 is 0 Å². The van der Waals surface area contributed by atoms with Crippen LogP contribution in [0.3, 0.4) is 0 Å². The van der Waals surface area contributed by atoms with Gasteiger partial charge in [-0.2, -0.15) is 5.10 Å². The summed E-state index contributed by atoms with van der Waals surface area (Å²) < 4.78 is 0. The second kappa shape index (κ2) is 5.10. The maximum Gasteiger partial charge on any atom is 0.137 e. The number of aromatic nitrogens is 3. The van der Waals surface area contributed by atoms with Gasteiger partial charge >= 0.3 is 0 Å². The molecule has 0 aromatic carbocycles. The van der Waals surface area contributed by atoms with Crippen LogP contribution < -0.4 is 0 Å². The predicted molar refractivity (Wildman–Crippen MR) is 24.5 cm³/mol. The van der Waals surface area contributed by atoms with Gasteiger partial charge in [0.05, 0.1) is 0 Å². The zero-order chi connectivity index (χ0) is 5.54. The molecular weight excluding hydrogens is 94.1 g/mol. The van der Waals surface area contributed by atoms with Crippen LogP contribution in [0, 0.1) is 0 Å². The normalized spacial score (nSPS) is 6.57. The number of hydrogen-bond donors (Lipinski definition) is 2. The molecule has 1 aromatic heterocycles. The lowest BCUT2D eigenvalue weighted by atomic mass is 11.3. The molecule has 0 aliphatic heterocycles. The summed E-state index contributed by atoms with van der Waals surface area (Å²) in [7, 11) is 1.00. The molecule has 4 nitrogen and oxygen atoms in total. The van der Waals surface area contributed by atoms with E-state index in [4.69, 9.17) is 5.11 Å². The summed E-state index contributed by atoms with van der Waals surface area (Å²) in [4.78, 5) is 3.56. The third-order valence-corrected chi connectivity index (χ3v) is 0.331. The Morgan fingerprint density at radius 2 is 2.29 bits per heavy atom. The predicted octanol–water partition coefficient (Wildman–Crippen LogP) is -0.587. The largest absolute Gasteiger partial charge is 0.400 e. The van der Waals surface area contributed by atoms with Crippen LogP contribution >= 0.6 is 0 Å². The minimum absolute atomic E-state index is 1.00. The Morgan fingerprint density at radius 1 is 1.57 bits per heavy atom. The van der Waals surface area contributed by atoms with Gasteiger partial charge < -0.3 is 5.11 Å². The Balaban J connectivity index is 0.000000162. The van der Waals surface area contributed by atoms with Crippen LogP contribution in [0.4, 0.5) is 0 Å². The molecular formula is C3H7N3O. The van der Waals surface area contributed by atoms with E-state index in [1.165, 1.54) is 12.7 Å². The van der Waals surface area contributed by atoms with Crippen molar-refractivity contribution in [1.82, 2.24) is 15.2 Å². The minimum Gasteiger partial charge on any atom is -0.400 e. The quantitative estimate of drug-likeness (QED) is 0.459. The highest BCUT2D eigenvalue weighted by Gasteiger charge is 1.57. The summed E-state index contributed by atoms with van der Waals surface area (Å²) in [5.74, 6) is 0. The first kappa shape index (κ1) is 6.10. The van der Waals surface area contributed by atoms with Crippen molar-refractivity contribution in [2.45, 2.75) is 0 Å². The fourth-order valence-corrected chi connectivity index (χ4v) is 0.167. The molecule has 0 aliphatic rings. The molecule has 0 saturated carbocycles. The summed E-state index contributed by atoms with van der Waals surface area (Å²) in [6.07, 6.45) is 2.96. The van der Waals surface area contributed by atoms with Crippen molar-refractivity contribution in [2.75, 3.05) is 7.11 Å². The van der Waals surface area contributed by atoms with E-state index in [2.05, 4.69) is 15.2 Å². The number of aliphatic hydroxyl groups is 1. The second-order valence-electron chi connectivity index (χ2n) is 0.652. The fraction of sp³-hybridized carbons (Fsp3) is 0.333. The van der Waals surface area contributed by atoms with Crippen LogP contribution in [0.5, 0.6) is 0 Å². The Kier molecular flexibility index (Phi) is 4.44. The Hall–Kier alpha value is -0.900. The highest BCUT2D eigenvalue weighted by atomic mass is 16.2. The minimum atomic E-state index is 1.00. The number of aromatic amines is 1. The lowest BCUT2D eigenvalue weighted by molar-refractivity contribution is 0.399. The van der Waals surface area contributed by atoms with Crippen LogP contribution in [0.2, 0.25) is 0 Å². The molecule has 1 aromatic rings. The van der Waals surface area contributed by atoms with Gasteiger partial charge in [-0.05, 0) is 0 Å². The first-order chi connectivity index (χ1) is 3.50. The topological polar surface area (TPSA) is 61.8 Å². The molecule has 0 atom stereocenters. The van der Waals surface area contributed by atoms with Crippen LogP contribution in [-0.4, -0.2) is 27.4 Å². The molecule has 1 rings (SSSR count). The third-order valence-electron chi connectivity index (χ3n) is 0.331. The molecule has 0 saturated heterocycles. The molecule has 0 amide bonds. The SMILES string of the molecule is CO.c1nc[nH]n1. The van der Waals surface area contributed by atoms with Gasteiger partial charge in [-0.1, -0.05) is 0 Å². The van der Waals surface area contributed by atoms with Crippen LogP contribution in [0.25, 0.3) is 0 Å². The highest BCUT2D eigenvalue weighted by molar-refractivity contribution is 4.43. The molecule has 0 fully saturated rings. The van der Waals surface area contributed by atoms with E-state index >= 15 is 0 Å². The lowest BCUT2D eigenvalue weighted by Gasteiger charge is -1.46. The number of H-pyrrole nitrogens is 1. The smallest absolute Gasteiger partial charge is 0.137 e. The number of hydrogen-bond acceptors (Lipinski definition) is 3. The van der Waals surface area contributed by atoms with E-state index in [-0.39, 0.29) is 0 Å². The molecule has 0 bridgehead atoms. The van der Waals surface area contributed by atoms with Crippen molar-refractivity contribution in [2.24, 2.45) is 0 Å². The second-order valence-corrected chi connectivity index (χ2v) is 0.652. The van der Waals surface area contributed by atoms with Gasteiger partial charge in [0.1, 0.15) is 12.7 Å². The van der Waals surface area contributed by atoms with Gasteiger partial charge in [0.25, 0.3) is 0 Å². The zero-order valence-electron chi connectivity index (χ0n) is 4.00. The van der Waals surface area contributed by atoms with E-state index in [1.54, 1.807) is 0 Å². The first-order valence-electron chi connectivity index (χ1n) is 1.73. The summed E-state index contributed by atoms with van der Waals surface area (Å²) in [6.45, 7) is 0. The lowest BCUT2D eigenvalue weighted by Crippen LogP contribution is -1.53. The van der Waals surface area contributed by atoms with E-state index < -0.39 is 0 Å².